The summed E-state index contributed by atoms with van der Waals surface area (Å²) in [6.45, 7) is 3.92. The molecule has 6 heteroatoms. The third kappa shape index (κ3) is 3.97. The first kappa shape index (κ1) is 20.5. The van der Waals surface area contributed by atoms with Gasteiger partial charge in [0.2, 0.25) is 11.8 Å². The van der Waals surface area contributed by atoms with Crippen LogP contribution in [0.15, 0.2) is 59.7 Å². The molecule has 2 aliphatic rings. The van der Waals surface area contributed by atoms with E-state index in [0.717, 1.165) is 22.3 Å². The number of carbonyl (C=O) groups is 4. The topological polar surface area (TPSA) is 92.3 Å². The van der Waals surface area contributed by atoms with Gasteiger partial charge in [0.05, 0.1) is 0 Å². The van der Waals surface area contributed by atoms with Crippen molar-refractivity contribution in [1.29, 1.82) is 0 Å². The third-order valence-electron chi connectivity index (χ3n) is 5.73. The van der Waals surface area contributed by atoms with E-state index < -0.39 is 29.0 Å². The maximum atomic E-state index is 12.8. The zero-order chi connectivity index (χ0) is 22.2. The predicted octanol–water partition coefficient (Wildman–Crippen LogP) is 2.85. The second-order valence-corrected chi connectivity index (χ2v) is 8.16. The number of nitrogens with one attached hydrogen (secondary N) is 2. The minimum absolute atomic E-state index is 0.0735. The van der Waals surface area contributed by atoms with Crippen LogP contribution in [-0.2, 0) is 19.2 Å². The quantitative estimate of drug-likeness (QED) is 0.449. The zero-order valence-electron chi connectivity index (χ0n) is 17.3. The largest absolute Gasteiger partial charge is 0.292 e. The fraction of sp³-hybridized carbons (Fsp3) is 0.200. The van der Waals surface area contributed by atoms with Crippen molar-refractivity contribution >= 4 is 35.8 Å². The molecule has 6 nitrogen and oxygen atoms in total. The molecule has 31 heavy (non-hydrogen) atoms. The Morgan fingerprint density at radius 3 is 1.35 bits per heavy atom. The lowest BCUT2D eigenvalue weighted by atomic mass is 9.70. The minimum Gasteiger partial charge on any atom is -0.292 e. The van der Waals surface area contributed by atoms with E-state index >= 15 is 0 Å². The van der Waals surface area contributed by atoms with Gasteiger partial charge in [-0.15, -0.1) is 0 Å². The van der Waals surface area contributed by atoms with Crippen molar-refractivity contribution in [2.75, 3.05) is 0 Å². The summed E-state index contributed by atoms with van der Waals surface area (Å²) in [5.74, 6) is -2.41. The first-order chi connectivity index (χ1) is 14.8. The van der Waals surface area contributed by atoms with E-state index in [9.17, 15) is 19.2 Å². The molecule has 2 aliphatic heterocycles. The maximum Gasteiger partial charge on any atom is 0.253 e. The van der Waals surface area contributed by atoms with Crippen molar-refractivity contribution < 1.29 is 19.2 Å². The van der Waals surface area contributed by atoms with Crippen molar-refractivity contribution in [3.8, 4) is 0 Å². The average Bonchev–Trinajstić information content (AvgIpc) is 2.73. The minimum atomic E-state index is -1.55. The molecule has 0 atom stereocenters. The third-order valence-corrected chi connectivity index (χ3v) is 5.73. The molecular formula is C25H22N2O4. The molecule has 2 fully saturated rings. The van der Waals surface area contributed by atoms with E-state index in [0.29, 0.717) is 11.1 Å². The highest BCUT2D eigenvalue weighted by molar-refractivity contribution is 6.24. The molecule has 2 aromatic carbocycles. The molecule has 4 rings (SSSR count). The fourth-order valence-corrected chi connectivity index (χ4v) is 3.86. The van der Waals surface area contributed by atoms with Crippen LogP contribution in [0.1, 0.15) is 35.1 Å². The van der Waals surface area contributed by atoms with Gasteiger partial charge in [0, 0.05) is 24.0 Å². The standard InChI is InChI=1S/C25H22N2O4/c1-15-3-7-17(8-4-15)11-19-13-25(23(30)26-21(19)28)14-20(22(29)27-24(25)31)12-18-9-5-16(2)6-10-18/h3-12H,13-14H2,1-2H3,(H,26,28,30)(H,27,29,31)/b19-11+,20-12+. The van der Waals surface area contributed by atoms with Gasteiger partial charge in [-0.3, -0.25) is 29.8 Å². The number of hydrogen-bond donors (Lipinski definition) is 2. The Kier molecular flexibility index (Phi) is 5.15. The van der Waals surface area contributed by atoms with E-state index in [1.165, 1.54) is 0 Å². The van der Waals surface area contributed by atoms with Crippen molar-refractivity contribution in [1.82, 2.24) is 10.6 Å². The van der Waals surface area contributed by atoms with Crippen molar-refractivity contribution in [2.24, 2.45) is 5.41 Å². The summed E-state index contributed by atoms with van der Waals surface area (Å²) in [5, 5.41) is 4.63. The lowest BCUT2D eigenvalue weighted by molar-refractivity contribution is -0.150. The molecule has 2 aromatic rings. The molecule has 0 aromatic heterocycles. The van der Waals surface area contributed by atoms with Gasteiger partial charge in [-0.25, -0.2) is 0 Å². The van der Waals surface area contributed by atoms with Gasteiger partial charge in [-0.05, 0) is 37.1 Å². The van der Waals surface area contributed by atoms with Gasteiger partial charge in [0.15, 0.2) is 0 Å². The van der Waals surface area contributed by atoms with Crippen LogP contribution < -0.4 is 10.6 Å². The Morgan fingerprint density at radius 2 is 1.00 bits per heavy atom. The van der Waals surface area contributed by atoms with Crippen LogP contribution in [0.2, 0.25) is 0 Å². The Hall–Kier alpha value is -3.80. The Morgan fingerprint density at radius 1 is 0.645 bits per heavy atom. The second-order valence-electron chi connectivity index (χ2n) is 8.16. The number of hydrogen-bond acceptors (Lipinski definition) is 4. The SMILES string of the molecule is Cc1ccc(/C=C2\CC3(C/C(=C\c4ccc(C)cc4)C(=O)NC3=O)C(=O)NC2=O)cc1. The highest BCUT2D eigenvalue weighted by Crippen LogP contribution is 2.40. The van der Waals surface area contributed by atoms with Gasteiger partial charge < -0.3 is 0 Å². The smallest absolute Gasteiger partial charge is 0.253 e. The van der Waals surface area contributed by atoms with Gasteiger partial charge in [-0.2, -0.15) is 0 Å². The number of benzene rings is 2. The summed E-state index contributed by atoms with van der Waals surface area (Å²) in [6, 6.07) is 15.1. The van der Waals surface area contributed by atoms with Crippen molar-refractivity contribution in [3.63, 3.8) is 0 Å². The van der Waals surface area contributed by atoms with Crippen LogP contribution in [0.5, 0.6) is 0 Å². The summed E-state index contributed by atoms with van der Waals surface area (Å²) in [6.07, 6.45) is 3.21. The van der Waals surface area contributed by atoms with Crippen LogP contribution in [0.3, 0.4) is 0 Å². The number of imide groups is 2. The van der Waals surface area contributed by atoms with Gasteiger partial charge in [0.25, 0.3) is 11.8 Å². The van der Waals surface area contributed by atoms with E-state index in [1.54, 1.807) is 12.2 Å². The summed E-state index contributed by atoms with van der Waals surface area (Å²) >= 11 is 0. The van der Waals surface area contributed by atoms with Gasteiger partial charge >= 0.3 is 0 Å². The first-order valence-corrected chi connectivity index (χ1v) is 10.0. The van der Waals surface area contributed by atoms with E-state index in [-0.39, 0.29) is 12.8 Å². The molecule has 2 heterocycles. The number of carbonyl (C=O) groups excluding carboxylic acids is 4. The molecule has 156 valence electrons. The van der Waals surface area contributed by atoms with Gasteiger partial charge in [-0.1, -0.05) is 59.7 Å². The molecule has 0 saturated carbocycles. The number of amides is 4. The van der Waals surface area contributed by atoms with Crippen LogP contribution in [0.25, 0.3) is 12.2 Å². The van der Waals surface area contributed by atoms with Gasteiger partial charge in [0.1, 0.15) is 5.41 Å². The molecule has 4 amide bonds. The molecule has 0 radical (unpaired) electrons. The monoisotopic (exact) mass is 414 g/mol. The van der Waals surface area contributed by atoms with E-state index in [4.69, 9.17) is 0 Å². The number of piperidine rings is 2. The molecule has 1 spiro atoms. The summed E-state index contributed by atoms with van der Waals surface area (Å²) in [7, 11) is 0. The Balaban J connectivity index is 1.70. The predicted molar refractivity (Wildman–Crippen MR) is 116 cm³/mol. The van der Waals surface area contributed by atoms with Crippen LogP contribution >= 0.6 is 0 Å². The molecule has 2 saturated heterocycles. The molecule has 0 unspecified atom stereocenters. The van der Waals surface area contributed by atoms with E-state index in [2.05, 4.69) is 10.6 Å². The Labute approximate surface area is 180 Å². The molecular weight excluding hydrogens is 392 g/mol. The van der Waals surface area contributed by atoms with Crippen molar-refractivity contribution in [3.05, 3.63) is 81.9 Å². The highest BCUT2D eigenvalue weighted by atomic mass is 16.2. The molecule has 0 bridgehead atoms. The normalized spacial score (nSPS) is 20.8. The van der Waals surface area contributed by atoms with Crippen LogP contribution in [-0.4, -0.2) is 23.6 Å². The lowest BCUT2D eigenvalue weighted by Crippen LogP contribution is -2.61. The summed E-state index contributed by atoms with van der Waals surface area (Å²) < 4.78 is 0. The number of rotatable bonds is 2. The highest BCUT2D eigenvalue weighted by Gasteiger charge is 2.54. The Bertz CT molecular complexity index is 1060. The fourth-order valence-electron chi connectivity index (χ4n) is 3.86. The lowest BCUT2D eigenvalue weighted by Gasteiger charge is -2.38. The maximum absolute atomic E-state index is 12.8. The van der Waals surface area contributed by atoms with E-state index in [1.807, 2.05) is 62.4 Å². The summed E-state index contributed by atoms with van der Waals surface area (Å²) in [4.78, 5) is 50.6. The zero-order valence-corrected chi connectivity index (χ0v) is 17.3. The number of aryl methyl sites for hydroxylation is 2. The van der Waals surface area contributed by atoms with Crippen LogP contribution in [0.4, 0.5) is 0 Å². The van der Waals surface area contributed by atoms with Crippen LogP contribution in [0, 0.1) is 19.3 Å². The van der Waals surface area contributed by atoms with Crippen molar-refractivity contribution in [2.45, 2.75) is 26.7 Å². The second kappa shape index (κ2) is 7.80. The molecule has 0 aliphatic carbocycles. The average molecular weight is 414 g/mol. The first-order valence-electron chi connectivity index (χ1n) is 10.0. The molecule has 2 N–H and O–H groups in total. The summed E-state index contributed by atoms with van der Waals surface area (Å²) in [5.41, 5.74) is 2.85.